The largest absolute Gasteiger partial charge is 0.507 e. The predicted molar refractivity (Wildman–Crippen MR) is 56.1 cm³/mol. The van der Waals surface area contributed by atoms with Crippen LogP contribution in [0.25, 0.3) is 0 Å². The molecule has 0 aliphatic carbocycles. The normalized spacial score (nSPS) is 11.7. The van der Waals surface area contributed by atoms with Crippen molar-refractivity contribution in [2.24, 2.45) is 5.16 Å². The number of hydrogen-bond acceptors (Lipinski definition) is 3. The van der Waals surface area contributed by atoms with Gasteiger partial charge in [-0.15, -0.1) is 0 Å². The Morgan fingerprint density at radius 1 is 1.43 bits per heavy atom. The van der Waals surface area contributed by atoms with Crippen LogP contribution in [-0.4, -0.2) is 16.0 Å². The highest BCUT2D eigenvalue weighted by atomic mass is 16.4. The molecule has 0 aromatic heterocycles. The Labute approximate surface area is 83.7 Å². The third kappa shape index (κ3) is 2.25. The molecule has 0 saturated heterocycles. The molecule has 0 aliphatic rings. The molecular weight excluding hydrogens is 178 g/mol. The van der Waals surface area contributed by atoms with Gasteiger partial charge in [0, 0.05) is 5.56 Å². The molecule has 0 atom stereocenters. The number of benzene rings is 1. The van der Waals surface area contributed by atoms with Crippen molar-refractivity contribution in [3.63, 3.8) is 0 Å². The Kier molecular flexibility index (Phi) is 3.51. The van der Waals surface area contributed by atoms with Gasteiger partial charge in [0.2, 0.25) is 0 Å². The summed E-state index contributed by atoms with van der Waals surface area (Å²) in [6, 6.07) is 5.32. The minimum Gasteiger partial charge on any atom is -0.507 e. The van der Waals surface area contributed by atoms with Crippen LogP contribution >= 0.6 is 0 Å². The highest BCUT2D eigenvalue weighted by Gasteiger charge is 2.08. The van der Waals surface area contributed by atoms with Crippen molar-refractivity contribution in [1.29, 1.82) is 0 Å². The van der Waals surface area contributed by atoms with Crippen LogP contribution in [0.1, 0.15) is 30.9 Å². The lowest BCUT2D eigenvalue weighted by Crippen LogP contribution is -2.00. The molecule has 0 aliphatic heterocycles. The SMILES string of the molecule is CCCC(=NO)c1ccc(C)cc1O. The van der Waals surface area contributed by atoms with Crippen LogP contribution in [0.4, 0.5) is 0 Å². The molecule has 0 unspecified atom stereocenters. The molecule has 1 aromatic rings. The van der Waals surface area contributed by atoms with Gasteiger partial charge in [-0.2, -0.15) is 0 Å². The lowest BCUT2D eigenvalue weighted by atomic mass is 10.0. The van der Waals surface area contributed by atoms with Gasteiger partial charge in [-0.3, -0.25) is 0 Å². The van der Waals surface area contributed by atoms with Gasteiger partial charge in [0.25, 0.3) is 0 Å². The molecule has 1 rings (SSSR count). The van der Waals surface area contributed by atoms with E-state index in [2.05, 4.69) is 5.16 Å². The fraction of sp³-hybridized carbons (Fsp3) is 0.364. The second kappa shape index (κ2) is 4.65. The Balaban J connectivity index is 3.05. The first-order chi connectivity index (χ1) is 6.69. The number of oxime groups is 1. The molecule has 0 heterocycles. The zero-order valence-electron chi connectivity index (χ0n) is 8.49. The summed E-state index contributed by atoms with van der Waals surface area (Å²) in [4.78, 5) is 0. The summed E-state index contributed by atoms with van der Waals surface area (Å²) in [5.74, 6) is 0.172. The Hall–Kier alpha value is -1.51. The first-order valence-electron chi connectivity index (χ1n) is 4.70. The number of rotatable bonds is 3. The van der Waals surface area contributed by atoms with Crippen molar-refractivity contribution >= 4 is 5.71 Å². The van der Waals surface area contributed by atoms with Crippen molar-refractivity contribution in [3.05, 3.63) is 29.3 Å². The van der Waals surface area contributed by atoms with E-state index in [1.54, 1.807) is 12.1 Å². The maximum absolute atomic E-state index is 9.63. The van der Waals surface area contributed by atoms with E-state index in [1.807, 2.05) is 19.9 Å². The van der Waals surface area contributed by atoms with Crippen LogP contribution in [0.5, 0.6) is 5.75 Å². The maximum Gasteiger partial charge on any atom is 0.125 e. The van der Waals surface area contributed by atoms with E-state index in [0.29, 0.717) is 17.7 Å². The standard InChI is InChI=1S/C11H15NO2/c1-3-4-10(12-14)9-6-5-8(2)7-11(9)13/h5-7,13-14H,3-4H2,1-2H3. The van der Waals surface area contributed by atoms with Crippen LogP contribution < -0.4 is 0 Å². The smallest absolute Gasteiger partial charge is 0.125 e. The topological polar surface area (TPSA) is 52.8 Å². The van der Waals surface area contributed by atoms with Crippen LogP contribution in [0, 0.1) is 6.92 Å². The number of hydrogen-bond donors (Lipinski definition) is 2. The zero-order chi connectivity index (χ0) is 10.6. The van der Waals surface area contributed by atoms with E-state index >= 15 is 0 Å². The van der Waals surface area contributed by atoms with Crippen LogP contribution in [0.2, 0.25) is 0 Å². The highest BCUT2D eigenvalue weighted by molar-refractivity contribution is 6.02. The van der Waals surface area contributed by atoms with E-state index in [9.17, 15) is 5.11 Å². The van der Waals surface area contributed by atoms with Gasteiger partial charge in [-0.25, -0.2) is 0 Å². The first-order valence-corrected chi connectivity index (χ1v) is 4.70. The fourth-order valence-electron chi connectivity index (χ4n) is 1.36. The second-order valence-electron chi connectivity index (χ2n) is 3.32. The fourth-order valence-corrected chi connectivity index (χ4v) is 1.36. The zero-order valence-corrected chi connectivity index (χ0v) is 8.49. The van der Waals surface area contributed by atoms with Crippen LogP contribution in [-0.2, 0) is 0 Å². The van der Waals surface area contributed by atoms with Crippen LogP contribution in [0.3, 0.4) is 0 Å². The van der Waals surface area contributed by atoms with E-state index in [4.69, 9.17) is 5.21 Å². The van der Waals surface area contributed by atoms with Gasteiger partial charge in [0.15, 0.2) is 0 Å². The molecule has 0 bridgehead atoms. The molecule has 3 nitrogen and oxygen atoms in total. The van der Waals surface area contributed by atoms with Gasteiger partial charge in [0.1, 0.15) is 5.75 Å². The molecule has 0 amide bonds. The second-order valence-corrected chi connectivity index (χ2v) is 3.32. The van der Waals surface area contributed by atoms with E-state index in [-0.39, 0.29) is 5.75 Å². The lowest BCUT2D eigenvalue weighted by Gasteiger charge is -2.06. The van der Waals surface area contributed by atoms with Crippen molar-refractivity contribution in [3.8, 4) is 5.75 Å². The number of nitrogens with zero attached hydrogens (tertiary/aromatic N) is 1. The van der Waals surface area contributed by atoms with E-state index in [0.717, 1.165) is 12.0 Å². The third-order valence-electron chi connectivity index (χ3n) is 2.07. The van der Waals surface area contributed by atoms with Gasteiger partial charge in [-0.05, 0) is 31.0 Å². The summed E-state index contributed by atoms with van der Waals surface area (Å²) >= 11 is 0. The van der Waals surface area contributed by atoms with Crippen molar-refractivity contribution in [1.82, 2.24) is 0 Å². The van der Waals surface area contributed by atoms with E-state index < -0.39 is 0 Å². The molecule has 14 heavy (non-hydrogen) atoms. The van der Waals surface area contributed by atoms with Gasteiger partial charge >= 0.3 is 0 Å². The molecule has 0 fully saturated rings. The minimum absolute atomic E-state index is 0.172. The van der Waals surface area contributed by atoms with Crippen molar-refractivity contribution in [2.45, 2.75) is 26.7 Å². The molecule has 1 aromatic carbocycles. The highest BCUT2D eigenvalue weighted by Crippen LogP contribution is 2.20. The maximum atomic E-state index is 9.63. The number of phenols is 1. The summed E-state index contributed by atoms with van der Waals surface area (Å²) < 4.78 is 0. The number of phenolic OH excluding ortho intramolecular Hbond substituents is 1. The Morgan fingerprint density at radius 2 is 2.14 bits per heavy atom. The monoisotopic (exact) mass is 193 g/mol. The summed E-state index contributed by atoms with van der Waals surface area (Å²) in [7, 11) is 0. The molecular formula is C11H15NO2. The van der Waals surface area contributed by atoms with Gasteiger partial charge < -0.3 is 10.3 Å². The van der Waals surface area contributed by atoms with Crippen LogP contribution in [0.15, 0.2) is 23.4 Å². The van der Waals surface area contributed by atoms with Gasteiger partial charge in [0.05, 0.1) is 5.71 Å². The summed E-state index contributed by atoms with van der Waals surface area (Å²) in [5, 5.41) is 21.6. The Morgan fingerprint density at radius 3 is 2.64 bits per heavy atom. The van der Waals surface area contributed by atoms with Crippen molar-refractivity contribution in [2.75, 3.05) is 0 Å². The molecule has 3 heteroatoms. The first kappa shape index (κ1) is 10.6. The molecule has 76 valence electrons. The minimum atomic E-state index is 0.172. The molecule has 0 spiro atoms. The predicted octanol–water partition coefficient (Wildman–Crippen LogP) is 2.68. The summed E-state index contributed by atoms with van der Waals surface area (Å²) in [5.41, 5.74) is 2.13. The summed E-state index contributed by atoms with van der Waals surface area (Å²) in [6.45, 7) is 3.90. The molecule has 0 radical (unpaired) electrons. The number of aryl methyl sites for hydroxylation is 1. The van der Waals surface area contributed by atoms with E-state index in [1.165, 1.54) is 0 Å². The average molecular weight is 193 g/mol. The quantitative estimate of drug-likeness (QED) is 0.440. The van der Waals surface area contributed by atoms with Gasteiger partial charge in [-0.1, -0.05) is 24.6 Å². The third-order valence-corrected chi connectivity index (χ3v) is 2.07. The molecule has 2 N–H and O–H groups in total. The average Bonchev–Trinajstić information content (AvgIpc) is 2.15. The van der Waals surface area contributed by atoms with Crippen molar-refractivity contribution < 1.29 is 10.3 Å². The Bertz CT molecular complexity index is 345. The number of aromatic hydroxyl groups is 1. The molecule has 0 saturated carbocycles. The lowest BCUT2D eigenvalue weighted by molar-refractivity contribution is 0.317. The summed E-state index contributed by atoms with van der Waals surface area (Å²) in [6.07, 6.45) is 1.54.